The summed E-state index contributed by atoms with van der Waals surface area (Å²) in [6, 6.07) is 7.42. The van der Waals surface area contributed by atoms with E-state index < -0.39 is 12.6 Å². The standard InChI is InChI=1S/C15H23NO2.ClH/c1-16-11-13-6-3-4-9-15(13,17)12-7-5-8-14(10-12)18-2;/h5,7-8,10,13,16-17H,3-4,6,9,11H2,1-2H3;1H/t13-,15+;/m1./s1/i1D3;. The summed E-state index contributed by atoms with van der Waals surface area (Å²) in [5.41, 5.74) is -0.190. The Morgan fingerprint density at radius 2 is 2.37 bits per heavy atom. The second-order valence-corrected chi connectivity index (χ2v) is 4.98. The normalized spacial score (nSPS) is 29.6. The van der Waals surface area contributed by atoms with Crippen molar-refractivity contribution in [3.05, 3.63) is 29.8 Å². The highest BCUT2D eigenvalue weighted by atomic mass is 35.5. The molecule has 19 heavy (non-hydrogen) atoms. The lowest BCUT2D eigenvalue weighted by Crippen LogP contribution is -2.42. The van der Waals surface area contributed by atoms with Crippen molar-refractivity contribution in [2.45, 2.75) is 31.3 Å². The molecule has 108 valence electrons. The summed E-state index contributed by atoms with van der Waals surface area (Å²) in [5.74, 6) is 0.591. The van der Waals surface area contributed by atoms with Crippen LogP contribution in [0.15, 0.2) is 24.3 Å². The Hall–Kier alpha value is -0.770. The molecule has 0 radical (unpaired) electrons. The minimum Gasteiger partial charge on any atom is -0.497 e. The molecule has 1 aliphatic rings. The Bertz CT molecular complexity index is 484. The van der Waals surface area contributed by atoms with Gasteiger partial charge in [0.05, 0.1) is 12.7 Å². The molecule has 2 rings (SSSR count). The van der Waals surface area contributed by atoms with Crippen LogP contribution in [-0.2, 0) is 5.60 Å². The second kappa shape index (κ2) is 7.13. The van der Waals surface area contributed by atoms with E-state index in [4.69, 9.17) is 8.85 Å². The number of hydrogen-bond acceptors (Lipinski definition) is 3. The van der Waals surface area contributed by atoms with Crippen LogP contribution >= 0.6 is 12.4 Å². The SMILES string of the molecule is Cl.[2H]C([2H])([2H])NC[C@H]1CCCC[C@]1(O)c1cccc(OC)c1. The molecule has 2 N–H and O–H groups in total. The quantitative estimate of drug-likeness (QED) is 0.895. The molecule has 1 fully saturated rings. The van der Waals surface area contributed by atoms with Crippen LogP contribution in [0.2, 0.25) is 0 Å². The molecule has 0 spiro atoms. The second-order valence-electron chi connectivity index (χ2n) is 4.98. The first-order valence-corrected chi connectivity index (χ1v) is 6.47. The van der Waals surface area contributed by atoms with Crippen LogP contribution in [0, 0.1) is 5.92 Å². The average molecular weight is 289 g/mol. The van der Waals surface area contributed by atoms with Crippen LogP contribution in [-0.4, -0.2) is 25.7 Å². The van der Waals surface area contributed by atoms with Crippen LogP contribution in [0.5, 0.6) is 5.75 Å². The molecule has 1 aromatic carbocycles. The molecule has 0 saturated heterocycles. The van der Waals surface area contributed by atoms with Crippen LogP contribution < -0.4 is 10.1 Å². The van der Waals surface area contributed by atoms with Crippen molar-refractivity contribution in [1.82, 2.24) is 5.32 Å². The molecule has 4 heteroatoms. The molecule has 0 heterocycles. The highest BCUT2D eigenvalue weighted by Crippen LogP contribution is 2.42. The Morgan fingerprint density at radius 1 is 1.53 bits per heavy atom. The van der Waals surface area contributed by atoms with E-state index in [0.29, 0.717) is 12.2 Å². The van der Waals surface area contributed by atoms with Crippen LogP contribution in [0.4, 0.5) is 0 Å². The van der Waals surface area contributed by atoms with Gasteiger partial charge in [0.1, 0.15) is 5.75 Å². The number of benzene rings is 1. The molecule has 0 bridgehead atoms. The fourth-order valence-corrected chi connectivity index (χ4v) is 2.89. The van der Waals surface area contributed by atoms with E-state index in [-0.39, 0.29) is 24.9 Å². The minimum atomic E-state index is -2.17. The van der Waals surface area contributed by atoms with Gasteiger partial charge in [0.25, 0.3) is 0 Å². The molecule has 0 unspecified atom stereocenters. The zero-order chi connectivity index (χ0) is 15.5. The number of methoxy groups -OCH3 is 1. The summed E-state index contributed by atoms with van der Waals surface area (Å²) in [6.45, 7) is -1.89. The van der Waals surface area contributed by atoms with E-state index in [1.54, 1.807) is 7.11 Å². The van der Waals surface area contributed by atoms with E-state index >= 15 is 0 Å². The highest BCUT2D eigenvalue weighted by Gasteiger charge is 2.39. The fourth-order valence-electron chi connectivity index (χ4n) is 2.89. The van der Waals surface area contributed by atoms with E-state index in [9.17, 15) is 5.11 Å². The smallest absolute Gasteiger partial charge is 0.119 e. The van der Waals surface area contributed by atoms with Crippen LogP contribution in [0.25, 0.3) is 0 Å². The van der Waals surface area contributed by atoms with Gasteiger partial charge in [-0.05, 0) is 37.5 Å². The van der Waals surface area contributed by atoms with Gasteiger partial charge in [-0.25, -0.2) is 0 Å². The minimum absolute atomic E-state index is 0. The summed E-state index contributed by atoms with van der Waals surface area (Å²) in [4.78, 5) is 0. The zero-order valence-corrected chi connectivity index (χ0v) is 12.0. The number of halogens is 1. The van der Waals surface area contributed by atoms with Crippen molar-refractivity contribution >= 4 is 12.4 Å². The lowest BCUT2D eigenvalue weighted by Gasteiger charge is -2.40. The third-order valence-corrected chi connectivity index (χ3v) is 3.95. The first kappa shape index (κ1) is 12.0. The lowest BCUT2D eigenvalue weighted by molar-refractivity contribution is -0.0531. The van der Waals surface area contributed by atoms with Gasteiger partial charge in [-0.2, -0.15) is 0 Å². The predicted molar refractivity (Wildman–Crippen MR) is 80.0 cm³/mol. The van der Waals surface area contributed by atoms with Crippen molar-refractivity contribution in [3.8, 4) is 5.75 Å². The number of rotatable bonds is 4. The van der Waals surface area contributed by atoms with Crippen LogP contribution in [0.3, 0.4) is 0 Å². The van der Waals surface area contributed by atoms with Crippen molar-refractivity contribution in [3.63, 3.8) is 0 Å². The summed E-state index contributed by atoms with van der Waals surface area (Å²) < 4.78 is 27.0. The largest absolute Gasteiger partial charge is 0.497 e. The maximum atomic E-state index is 11.1. The third-order valence-electron chi connectivity index (χ3n) is 3.95. The molecule has 1 aliphatic carbocycles. The summed E-state index contributed by atoms with van der Waals surface area (Å²) in [5, 5.41) is 13.7. The van der Waals surface area contributed by atoms with Crippen molar-refractivity contribution in [1.29, 1.82) is 0 Å². The topological polar surface area (TPSA) is 41.5 Å². The van der Waals surface area contributed by atoms with Crippen molar-refractivity contribution in [2.24, 2.45) is 5.92 Å². The first-order chi connectivity index (χ1) is 9.85. The Kier molecular flexibility index (Phi) is 4.51. The van der Waals surface area contributed by atoms with E-state index in [0.717, 1.165) is 24.8 Å². The molecule has 1 saturated carbocycles. The van der Waals surface area contributed by atoms with Crippen molar-refractivity contribution in [2.75, 3.05) is 20.6 Å². The summed E-state index contributed by atoms with van der Waals surface area (Å²) >= 11 is 0. The third kappa shape index (κ3) is 3.41. The molecule has 2 atom stereocenters. The Labute approximate surface area is 126 Å². The number of ether oxygens (including phenoxy) is 1. The predicted octanol–water partition coefficient (Wildman–Crippen LogP) is 2.71. The van der Waals surface area contributed by atoms with Gasteiger partial charge in [-0.3, -0.25) is 0 Å². The molecular weight excluding hydrogens is 262 g/mol. The summed E-state index contributed by atoms with van der Waals surface area (Å²) in [7, 11) is 1.59. The van der Waals surface area contributed by atoms with Gasteiger partial charge in [0.15, 0.2) is 0 Å². The Balaban J connectivity index is 0.00000242. The van der Waals surface area contributed by atoms with Gasteiger partial charge in [-0.15, -0.1) is 12.4 Å². The average Bonchev–Trinajstić information content (AvgIpc) is 2.45. The van der Waals surface area contributed by atoms with Crippen LogP contribution in [0.1, 0.15) is 35.4 Å². The highest BCUT2D eigenvalue weighted by molar-refractivity contribution is 5.85. The van der Waals surface area contributed by atoms with E-state index in [1.165, 1.54) is 0 Å². The molecule has 0 amide bonds. The molecule has 0 aromatic heterocycles. The lowest BCUT2D eigenvalue weighted by atomic mass is 9.71. The van der Waals surface area contributed by atoms with Gasteiger partial charge in [0.2, 0.25) is 0 Å². The number of aliphatic hydroxyl groups is 1. The van der Waals surface area contributed by atoms with Gasteiger partial charge in [-0.1, -0.05) is 25.0 Å². The van der Waals surface area contributed by atoms with E-state index in [2.05, 4.69) is 5.32 Å². The number of hydrogen-bond donors (Lipinski definition) is 2. The van der Waals surface area contributed by atoms with Crippen molar-refractivity contribution < 1.29 is 14.0 Å². The zero-order valence-electron chi connectivity index (χ0n) is 14.2. The molecule has 1 aromatic rings. The Morgan fingerprint density at radius 3 is 3.11 bits per heavy atom. The maximum absolute atomic E-state index is 11.1. The molecular formula is C15H24ClNO2. The summed E-state index contributed by atoms with van der Waals surface area (Å²) in [6.07, 6.45) is 3.42. The fraction of sp³-hybridized carbons (Fsp3) is 0.600. The van der Waals surface area contributed by atoms with Gasteiger partial charge < -0.3 is 15.2 Å². The van der Waals surface area contributed by atoms with Gasteiger partial charge >= 0.3 is 0 Å². The van der Waals surface area contributed by atoms with Gasteiger partial charge in [0, 0.05) is 16.6 Å². The molecule has 0 aliphatic heterocycles. The number of nitrogens with one attached hydrogen (secondary N) is 1. The first-order valence-electron chi connectivity index (χ1n) is 7.97. The molecule has 3 nitrogen and oxygen atoms in total. The monoisotopic (exact) mass is 288 g/mol. The maximum Gasteiger partial charge on any atom is 0.119 e. The van der Waals surface area contributed by atoms with E-state index in [1.807, 2.05) is 24.3 Å².